The van der Waals surface area contributed by atoms with Crippen molar-refractivity contribution >= 4 is 28.3 Å². The molecule has 0 radical (unpaired) electrons. The maximum Gasteiger partial charge on any atom is 0.347 e. The molecule has 0 saturated carbocycles. The number of rotatable bonds is 6. The van der Waals surface area contributed by atoms with Crippen LogP contribution in [0.2, 0.25) is 0 Å². The molecule has 0 spiro atoms. The average molecular weight is 329 g/mol. The Bertz CT molecular complexity index is 851. The van der Waals surface area contributed by atoms with Crippen LogP contribution in [-0.2, 0) is 13.0 Å². The molecule has 0 aliphatic heterocycles. The first-order valence-electron chi connectivity index (χ1n) is 7.74. The molecule has 0 bridgehead atoms. The summed E-state index contributed by atoms with van der Waals surface area (Å²) in [6.07, 6.45) is 3.12. The van der Waals surface area contributed by atoms with Gasteiger partial charge in [-0.3, -0.25) is 0 Å². The molecular formula is C17H19N3O2S. The Kier molecular flexibility index (Phi) is 4.43. The molecule has 1 N–H and O–H groups in total. The van der Waals surface area contributed by atoms with Gasteiger partial charge in [0.05, 0.1) is 23.3 Å². The van der Waals surface area contributed by atoms with Crippen LogP contribution in [0.5, 0.6) is 0 Å². The molecule has 3 aromatic rings. The van der Waals surface area contributed by atoms with Crippen LogP contribution in [0, 0.1) is 6.92 Å². The third-order valence-corrected chi connectivity index (χ3v) is 4.95. The minimum atomic E-state index is -0.909. The van der Waals surface area contributed by atoms with E-state index in [-0.39, 0.29) is 0 Å². The number of unbranched alkanes of at least 4 members (excludes halogenated alkanes) is 1. The Hall–Kier alpha value is -2.21. The van der Waals surface area contributed by atoms with Crippen molar-refractivity contribution in [1.82, 2.24) is 14.5 Å². The zero-order valence-electron chi connectivity index (χ0n) is 13.2. The van der Waals surface area contributed by atoms with Crippen LogP contribution < -0.4 is 0 Å². The normalized spacial score (nSPS) is 11.2. The highest BCUT2D eigenvalue weighted by molar-refractivity contribution is 7.13. The minimum absolute atomic E-state index is 0.319. The van der Waals surface area contributed by atoms with E-state index in [4.69, 9.17) is 4.98 Å². The molecule has 6 heteroatoms. The number of imidazole rings is 1. The highest BCUT2D eigenvalue weighted by Gasteiger charge is 2.16. The van der Waals surface area contributed by atoms with Gasteiger partial charge < -0.3 is 9.67 Å². The molecule has 2 aromatic heterocycles. The second-order valence-electron chi connectivity index (χ2n) is 5.53. The quantitative estimate of drug-likeness (QED) is 0.745. The lowest BCUT2D eigenvalue weighted by Crippen LogP contribution is -2.05. The molecular weight excluding hydrogens is 310 g/mol. The predicted octanol–water partition coefficient (Wildman–Crippen LogP) is 3.89. The zero-order valence-corrected chi connectivity index (χ0v) is 14.1. The summed E-state index contributed by atoms with van der Waals surface area (Å²) < 4.78 is 2.16. The van der Waals surface area contributed by atoms with Crippen molar-refractivity contribution in [2.45, 2.75) is 39.7 Å². The van der Waals surface area contributed by atoms with Gasteiger partial charge in [0.15, 0.2) is 0 Å². The number of fused-ring (bicyclic) bond motifs is 1. The number of carboxylic acids is 1. The van der Waals surface area contributed by atoms with E-state index in [1.54, 1.807) is 6.92 Å². The smallest absolute Gasteiger partial charge is 0.347 e. The Morgan fingerprint density at radius 2 is 2.09 bits per heavy atom. The number of thiazole rings is 1. The van der Waals surface area contributed by atoms with E-state index in [0.29, 0.717) is 17.1 Å². The Labute approximate surface area is 138 Å². The summed E-state index contributed by atoms with van der Waals surface area (Å²) in [5.41, 5.74) is 2.63. The number of aromatic nitrogens is 3. The molecule has 5 nitrogen and oxygen atoms in total. The molecule has 0 amide bonds. The average Bonchev–Trinajstić information content (AvgIpc) is 3.07. The summed E-state index contributed by atoms with van der Waals surface area (Å²) in [6, 6.07) is 8.05. The second kappa shape index (κ2) is 6.50. The standard InChI is InChI=1S/C17H19N3O2S/c1-3-4-9-14-19-12-7-5-6-8-13(12)20(14)10-15-18-11(2)16(23-15)17(21)22/h5-8H,3-4,9-10H2,1-2H3,(H,21,22). The predicted molar refractivity (Wildman–Crippen MR) is 91.3 cm³/mol. The lowest BCUT2D eigenvalue weighted by atomic mass is 10.2. The van der Waals surface area contributed by atoms with E-state index in [1.807, 2.05) is 18.2 Å². The van der Waals surface area contributed by atoms with E-state index in [0.717, 1.165) is 41.1 Å². The molecule has 120 valence electrons. The summed E-state index contributed by atoms with van der Waals surface area (Å²) in [5.74, 6) is 0.130. The van der Waals surface area contributed by atoms with Crippen molar-refractivity contribution in [2.75, 3.05) is 0 Å². The lowest BCUT2D eigenvalue weighted by molar-refractivity contribution is 0.0701. The maximum absolute atomic E-state index is 11.2. The first kappa shape index (κ1) is 15.7. The van der Waals surface area contributed by atoms with Gasteiger partial charge in [0, 0.05) is 6.42 Å². The van der Waals surface area contributed by atoms with Crippen molar-refractivity contribution in [2.24, 2.45) is 0 Å². The molecule has 0 fully saturated rings. The molecule has 3 rings (SSSR count). The first-order valence-corrected chi connectivity index (χ1v) is 8.55. The summed E-state index contributed by atoms with van der Waals surface area (Å²) in [5, 5.41) is 10.0. The molecule has 2 heterocycles. The Morgan fingerprint density at radius 3 is 2.78 bits per heavy atom. The molecule has 0 unspecified atom stereocenters. The molecule has 0 saturated heterocycles. The van der Waals surface area contributed by atoms with Crippen LogP contribution in [0.25, 0.3) is 11.0 Å². The number of carbonyl (C=O) groups is 1. The number of carboxylic acid groups (broad SMARTS) is 1. The van der Waals surface area contributed by atoms with Gasteiger partial charge >= 0.3 is 5.97 Å². The Morgan fingerprint density at radius 1 is 1.30 bits per heavy atom. The minimum Gasteiger partial charge on any atom is -0.477 e. The van der Waals surface area contributed by atoms with Gasteiger partial charge in [-0.15, -0.1) is 11.3 Å². The number of nitrogens with zero attached hydrogens (tertiary/aromatic N) is 3. The monoisotopic (exact) mass is 329 g/mol. The van der Waals surface area contributed by atoms with E-state index in [2.05, 4.69) is 22.5 Å². The first-order chi connectivity index (χ1) is 11.1. The Balaban J connectivity index is 2.00. The van der Waals surface area contributed by atoms with Gasteiger partial charge in [-0.05, 0) is 25.5 Å². The van der Waals surface area contributed by atoms with Gasteiger partial charge in [0.1, 0.15) is 15.7 Å². The number of hydrogen-bond donors (Lipinski definition) is 1. The van der Waals surface area contributed by atoms with Crippen LogP contribution in [0.1, 0.15) is 46.0 Å². The second-order valence-corrected chi connectivity index (χ2v) is 6.62. The fraction of sp³-hybridized carbons (Fsp3) is 0.353. The van der Waals surface area contributed by atoms with Crippen LogP contribution in [0.4, 0.5) is 0 Å². The maximum atomic E-state index is 11.2. The lowest BCUT2D eigenvalue weighted by Gasteiger charge is -2.07. The molecule has 0 aliphatic carbocycles. The summed E-state index contributed by atoms with van der Waals surface area (Å²) in [6.45, 7) is 4.47. The van der Waals surface area contributed by atoms with Crippen molar-refractivity contribution in [3.63, 3.8) is 0 Å². The van der Waals surface area contributed by atoms with Gasteiger partial charge in [0.2, 0.25) is 0 Å². The van der Waals surface area contributed by atoms with Crippen molar-refractivity contribution in [1.29, 1.82) is 0 Å². The highest BCUT2D eigenvalue weighted by Crippen LogP contribution is 2.23. The fourth-order valence-corrected chi connectivity index (χ4v) is 3.57. The topological polar surface area (TPSA) is 68.0 Å². The number of aryl methyl sites for hydroxylation is 2. The van der Waals surface area contributed by atoms with Crippen LogP contribution in [0.15, 0.2) is 24.3 Å². The van der Waals surface area contributed by atoms with Gasteiger partial charge in [-0.2, -0.15) is 0 Å². The van der Waals surface area contributed by atoms with E-state index in [1.165, 1.54) is 11.3 Å². The zero-order chi connectivity index (χ0) is 16.4. The molecule has 23 heavy (non-hydrogen) atoms. The molecule has 0 atom stereocenters. The van der Waals surface area contributed by atoms with E-state index < -0.39 is 5.97 Å². The van der Waals surface area contributed by atoms with Gasteiger partial charge in [-0.25, -0.2) is 14.8 Å². The summed E-state index contributed by atoms with van der Waals surface area (Å²) in [4.78, 5) is 20.7. The number of aromatic carboxylic acids is 1. The number of hydrogen-bond acceptors (Lipinski definition) is 4. The van der Waals surface area contributed by atoms with Crippen molar-refractivity contribution in [3.05, 3.63) is 45.7 Å². The van der Waals surface area contributed by atoms with Crippen LogP contribution in [0.3, 0.4) is 0 Å². The third-order valence-electron chi connectivity index (χ3n) is 3.82. The molecule has 1 aromatic carbocycles. The summed E-state index contributed by atoms with van der Waals surface area (Å²) >= 11 is 1.25. The fourth-order valence-electron chi connectivity index (χ4n) is 2.68. The van der Waals surface area contributed by atoms with E-state index >= 15 is 0 Å². The number of benzene rings is 1. The third kappa shape index (κ3) is 3.12. The SMILES string of the molecule is CCCCc1nc2ccccc2n1Cc1nc(C)c(C(=O)O)s1. The van der Waals surface area contributed by atoms with Gasteiger partial charge in [-0.1, -0.05) is 25.5 Å². The van der Waals surface area contributed by atoms with Crippen LogP contribution in [-0.4, -0.2) is 25.6 Å². The molecule has 0 aliphatic rings. The van der Waals surface area contributed by atoms with Crippen LogP contribution >= 0.6 is 11.3 Å². The van der Waals surface area contributed by atoms with Crippen molar-refractivity contribution < 1.29 is 9.90 Å². The highest BCUT2D eigenvalue weighted by atomic mass is 32.1. The van der Waals surface area contributed by atoms with Crippen molar-refractivity contribution in [3.8, 4) is 0 Å². The summed E-state index contributed by atoms with van der Waals surface area (Å²) in [7, 11) is 0. The van der Waals surface area contributed by atoms with Gasteiger partial charge in [0.25, 0.3) is 0 Å². The largest absolute Gasteiger partial charge is 0.477 e. The van der Waals surface area contributed by atoms with E-state index in [9.17, 15) is 9.90 Å². The number of para-hydroxylation sites is 2.